The van der Waals surface area contributed by atoms with Crippen molar-refractivity contribution < 1.29 is 9.53 Å². The van der Waals surface area contributed by atoms with Gasteiger partial charge in [0.05, 0.1) is 0 Å². The van der Waals surface area contributed by atoms with Crippen LogP contribution >= 0.6 is 11.6 Å². The molecule has 1 atom stereocenters. The Morgan fingerprint density at radius 2 is 1.86 bits per heavy atom. The third-order valence-corrected chi connectivity index (χ3v) is 6.79. The summed E-state index contributed by atoms with van der Waals surface area (Å²) < 4.78 is 6.57. The minimum Gasteiger partial charge on any atom is -0.487 e. The topological polar surface area (TPSA) is 67.9 Å². The SMILES string of the molecule is CN1C(=O)C2(CC3(CCCCC3)Oc3ccc(-c4cccc(Cl)c4)cc32)N=C1N. The molecule has 2 aromatic carbocycles. The quantitative estimate of drug-likeness (QED) is 0.755. The summed E-state index contributed by atoms with van der Waals surface area (Å²) >= 11 is 6.19. The second kappa shape index (κ2) is 6.49. The molecule has 5 rings (SSSR count). The number of amides is 1. The van der Waals surface area contributed by atoms with Gasteiger partial charge >= 0.3 is 0 Å². The van der Waals surface area contributed by atoms with Crippen molar-refractivity contribution in [1.82, 2.24) is 4.90 Å². The first-order chi connectivity index (χ1) is 13.9. The Kier molecular flexibility index (Phi) is 4.14. The summed E-state index contributed by atoms with van der Waals surface area (Å²) in [6.45, 7) is 0. The number of rotatable bonds is 1. The number of carbonyl (C=O) groups excluding carboxylic acids is 1. The van der Waals surface area contributed by atoms with Crippen LogP contribution in [0, 0.1) is 0 Å². The molecule has 150 valence electrons. The van der Waals surface area contributed by atoms with E-state index in [-0.39, 0.29) is 17.5 Å². The van der Waals surface area contributed by atoms with E-state index >= 15 is 0 Å². The second-order valence-electron chi connectivity index (χ2n) is 8.44. The third-order valence-electron chi connectivity index (χ3n) is 6.56. The van der Waals surface area contributed by atoms with Crippen molar-refractivity contribution >= 4 is 23.5 Å². The average molecular weight is 410 g/mol. The number of nitrogens with zero attached hydrogens (tertiary/aromatic N) is 2. The number of hydrogen-bond acceptors (Lipinski definition) is 4. The molecule has 0 radical (unpaired) electrons. The van der Waals surface area contributed by atoms with E-state index in [1.54, 1.807) is 7.05 Å². The van der Waals surface area contributed by atoms with Gasteiger partial charge in [0, 0.05) is 24.1 Å². The van der Waals surface area contributed by atoms with Crippen LogP contribution in [0.3, 0.4) is 0 Å². The summed E-state index contributed by atoms with van der Waals surface area (Å²) in [6, 6.07) is 13.7. The van der Waals surface area contributed by atoms with Gasteiger partial charge in [0.2, 0.25) is 0 Å². The zero-order valence-electron chi connectivity index (χ0n) is 16.5. The van der Waals surface area contributed by atoms with E-state index < -0.39 is 5.54 Å². The molecule has 5 nitrogen and oxygen atoms in total. The lowest BCUT2D eigenvalue weighted by Crippen LogP contribution is -2.52. The van der Waals surface area contributed by atoms with Crippen LogP contribution in [0.2, 0.25) is 5.02 Å². The Bertz CT molecular complexity index is 1030. The van der Waals surface area contributed by atoms with Gasteiger partial charge in [-0.3, -0.25) is 9.69 Å². The lowest BCUT2D eigenvalue weighted by atomic mass is 9.70. The first-order valence-corrected chi connectivity index (χ1v) is 10.5. The third kappa shape index (κ3) is 2.83. The van der Waals surface area contributed by atoms with E-state index in [0.717, 1.165) is 48.1 Å². The fraction of sp³-hybridized carbons (Fsp3) is 0.391. The Balaban J connectivity index is 1.69. The lowest BCUT2D eigenvalue weighted by Gasteiger charge is -2.47. The van der Waals surface area contributed by atoms with Gasteiger partial charge < -0.3 is 10.5 Å². The lowest BCUT2D eigenvalue weighted by molar-refractivity contribution is -0.135. The van der Waals surface area contributed by atoms with Crippen molar-refractivity contribution in [3.8, 4) is 16.9 Å². The number of guanidine groups is 1. The van der Waals surface area contributed by atoms with Crippen LogP contribution < -0.4 is 10.5 Å². The second-order valence-corrected chi connectivity index (χ2v) is 8.87. The highest BCUT2D eigenvalue weighted by Gasteiger charge is 2.58. The van der Waals surface area contributed by atoms with Gasteiger partial charge in [0.15, 0.2) is 11.5 Å². The van der Waals surface area contributed by atoms with Crippen molar-refractivity contribution in [3.05, 3.63) is 53.1 Å². The number of carbonyl (C=O) groups is 1. The van der Waals surface area contributed by atoms with Crippen LogP contribution in [0.5, 0.6) is 5.75 Å². The highest BCUT2D eigenvalue weighted by atomic mass is 35.5. The summed E-state index contributed by atoms with van der Waals surface area (Å²) in [5.41, 5.74) is 7.51. The summed E-state index contributed by atoms with van der Waals surface area (Å²) in [4.78, 5) is 19.7. The van der Waals surface area contributed by atoms with Crippen LogP contribution in [-0.4, -0.2) is 29.4 Å². The van der Waals surface area contributed by atoms with Crippen LogP contribution in [0.1, 0.15) is 44.1 Å². The van der Waals surface area contributed by atoms with Crippen molar-refractivity contribution in [2.75, 3.05) is 7.05 Å². The predicted octanol–water partition coefficient (Wildman–Crippen LogP) is 4.47. The van der Waals surface area contributed by atoms with E-state index in [0.29, 0.717) is 11.4 Å². The highest BCUT2D eigenvalue weighted by Crippen LogP contribution is 2.53. The maximum Gasteiger partial charge on any atom is 0.261 e. The van der Waals surface area contributed by atoms with Crippen LogP contribution in [0.4, 0.5) is 0 Å². The number of halogens is 1. The summed E-state index contributed by atoms with van der Waals surface area (Å²) in [6.07, 6.45) is 5.84. The normalized spacial score (nSPS) is 25.1. The average Bonchev–Trinajstić information content (AvgIpc) is 2.92. The fourth-order valence-electron chi connectivity index (χ4n) is 5.09. The van der Waals surface area contributed by atoms with Crippen molar-refractivity contribution in [2.24, 2.45) is 10.7 Å². The van der Waals surface area contributed by atoms with Crippen molar-refractivity contribution in [1.29, 1.82) is 0 Å². The maximum absolute atomic E-state index is 13.4. The van der Waals surface area contributed by atoms with Gasteiger partial charge in [-0.2, -0.15) is 0 Å². The van der Waals surface area contributed by atoms with E-state index in [1.807, 2.05) is 42.5 Å². The number of likely N-dealkylation sites (N-methyl/N-ethyl adjacent to an activating group) is 1. The molecule has 2 spiro atoms. The van der Waals surface area contributed by atoms with Gasteiger partial charge in [-0.25, -0.2) is 4.99 Å². The minimum absolute atomic E-state index is 0.0762. The van der Waals surface area contributed by atoms with Gasteiger partial charge in [0.25, 0.3) is 5.91 Å². The Labute approximate surface area is 175 Å². The first kappa shape index (κ1) is 18.5. The first-order valence-electron chi connectivity index (χ1n) is 10.2. The van der Waals surface area contributed by atoms with E-state index in [2.05, 4.69) is 0 Å². The molecule has 2 N–H and O–H groups in total. The number of benzene rings is 2. The molecule has 6 heteroatoms. The molecule has 1 amide bonds. The summed E-state index contributed by atoms with van der Waals surface area (Å²) in [7, 11) is 1.69. The molecule has 1 aliphatic carbocycles. The fourth-order valence-corrected chi connectivity index (χ4v) is 5.28. The monoisotopic (exact) mass is 409 g/mol. The van der Waals surface area contributed by atoms with Gasteiger partial charge in [-0.05, 0) is 61.1 Å². The Morgan fingerprint density at radius 3 is 2.55 bits per heavy atom. The Hall–Kier alpha value is -2.53. The molecule has 1 fully saturated rings. The molecule has 1 saturated carbocycles. The predicted molar refractivity (Wildman–Crippen MR) is 114 cm³/mol. The number of ether oxygens (including phenoxy) is 1. The van der Waals surface area contributed by atoms with Crippen LogP contribution in [-0.2, 0) is 10.3 Å². The molecule has 0 saturated heterocycles. The number of fused-ring (bicyclic) bond motifs is 2. The highest BCUT2D eigenvalue weighted by molar-refractivity contribution is 6.30. The minimum atomic E-state index is -1.02. The van der Waals surface area contributed by atoms with Gasteiger partial charge in [-0.15, -0.1) is 0 Å². The molecule has 2 heterocycles. The smallest absolute Gasteiger partial charge is 0.261 e. The number of aliphatic imine (C=N–C) groups is 1. The largest absolute Gasteiger partial charge is 0.487 e. The van der Waals surface area contributed by atoms with Crippen molar-refractivity contribution in [2.45, 2.75) is 49.7 Å². The standard InChI is InChI=1S/C23H24ClN3O2/c1-27-20(28)23(26-21(27)25)14-22(10-3-2-4-11-22)29-19-9-8-16(13-18(19)23)15-6-5-7-17(24)12-15/h5-9,12-13H,2-4,10-11,14H2,1H3,(H2,25,26). The number of hydrogen-bond donors (Lipinski definition) is 1. The van der Waals surface area contributed by atoms with E-state index in [1.165, 1.54) is 11.3 Å². The zero-order chi connectivity index (χ0) is 20.2. The molecular weight excluding hydrogens is 386 g/mol. The van der Waals surface area contributed by atoms with Gasteiger partial charge in [0.1, 0.15) is 11.4 Å². The zero-order valence-corrected chi connectivity index (χ0v) is 17.2. The number of nitrogens with two attached hydrogens (primary N) is 1. The molecule has 0 aromatic heterocycles. The molecule has 2 aliphatic heterocycles. The summed E-state index contributed by atoms with van der Waals surface area (Å²) in [5.74, 6) is 0.929. The van der Waals surface area contributed by atoms with E-state index in [4.69, 9.17) is 27.1 Å². The summed E-state index contributed by atoms with van der Waals surface area (Å²) in [5, 5.41) is 0.672. The van der Waals surface area contributed by atoms with Gasteiger partial charge in [-0.1, -0.05) is 36.2 Å². The molecule has 2 aromatic rings. The molecule has 1 unspecified atom stereocenters. The molecule has 3 aliphatic rings. The molecule has 29 heavy (non-hydrogen) atoms. The van der Waals surface area contributed by atoms with Crippen LogP contribution in [0.25, 0.3) is 11.1 Å². The molecule has 0 bridgehead atoms. The molecular formula is C23H24ClN3O2. The van der Waals surface area contributed by atoms with E-state index in [9.17, 15) is 4.79 Å². The van der Waals surface area contributed by atoms with Crippen LogP contribution in [0.15, 0.2) is 47.5 Å². The van der Waals surface area contributed by atoms with Crippen molar-refractivity contribution in [3.63, 3.8) is 0 Å². The Morgan fingerprint density at radius 1 is 1.10 bits per heavy atom. The maximum atomic E-state index is 13.4.